The predicted molar refractivity (Wildman–Crippen MR) is 111 cm³/mol. The lowest BCUT2D eigenvalue weighted by Crippen LogP contribution is -2.33. The molecule has 2 heterocycles. The lowest BCUT2D eigenvalue weighted by atomic mass is 10.1. The Morgan fingerprint density at radius 3 is 2.48 bits per heavy atom. The van der Waals surface area contributed by atoms with Gasteiger partial charge in [0.05, 0.1) is 4.91 Å². The maximum absolute atomic E-state index is 12.2. The van der Waals surface area contributed by atoms with Gasteiger partial charge in [0.25, 0.3) is 5.91 Å². The summed E-state index contributed by atoms with van der Waals surface area (Å²) in [6.07, 6.45) is 5.53. The van der Waals surface area contributed by atoms with E-state index in [1.807, 2.05) is 60.7 Å². The van der Waals surface area contributed by atoms with E-state index in [-0.39, 0.29) is 5.91 Å². The van der Waals surface area contributed by atoms with E-state index in [2.05, 4.69) is 9.89 Å². The van der Waals surface area contributed by atoms with Gasteiger partial charge < -0.3 is 9.64 Å². The average Bonchev–Trinajstić information content (AvgIpc) is 3.09. The third-order valence-corrected chi connectivity index (χ3v) is 5.71. The number of amidine groups is 1. The van der Waals surface area contributed by atoms with Crippen LogP contribution in [0.25, 0.3) is 6.08 Å². The Balaban J connectivity index is 1.37. The summed E-state index contributed by atoms with van der Waals surface area (Å²) < 4.78 is 5.81. The second kappa shape index (κ2) is 8.44. The van der Waals surface area contributed by atoms with Gasteiger partial charge in [-0.3, -0.25) is 4.79 Å². The lowest BCUT2D eigenvalue weighted by molar-refractivity contribution is -0.113. The molecule has 4 rings (SSSR count). The normalized spacial score (nSPS) is 18.7. The van der Waals surface area contributed by atoms with E-state index in [9.17, 15) is 4.79 Å². The van der Waals surface area contributed by atoms with Gasteiger partial charge in [0.1, 0.15) is 12.4 Å². The number of carbonyl (C=O) groups excluding carboxylic acids is 1. The van der Waals surface area contributed by atoms with Crippen LogP contribution in [0, 0.1) is 0 Å². The smallest absolute Gasteiger partial charge is 0.286 e. The first-order chi connectivity index (χ1) is 13.3. The highest BCUT2D eigenvalue weighted by atomic mass is 32.2. The number of benzene rings is 2. The summed E-state index contributed by atoms with van der Waals surface area (Å²) in [5.41, 5.74) is 2.12. The predicted octanol–water partition coefficient (Wildman–Crippen LogP) is 4.72. The number of likely N-dealkylation sites (tertiary alicyclic amines) is 1. The average molecular weight is 378 g/mol. The summed E-state index contributed by atoms with van der Waals surface area (Å²) in [7, 11) is 0. The Kier molecular flexibility index (Phi) is 5.58. The van der Waals surface area contributed by atoms with Crippen LogP contribution in [0.4, 0.5) is 0 Å². The molecular weight excluding hydrogens is 356 g/mol. The molecule has 0 bridgehead atoms. The number of hydrogen-bond donors (Lipinski definition) is 0. The van der Waals surface area contributed by atoms with E-state index in [1.54, 1.807) is 0 Å². The number of aliphatic imine (C=N–C) groups is 1. The van der Waals surface area contributed by atoms with Gasteiger partial charge in [-0.05, 0) is 60.4 Å². The molecule has 0 radical (unpaired) electrons. The molecule has 0 unspecified atom stereocenters. The Labute approximate surface area is 163 Å². The van der Waals surface area contributed by atoms with Gasteiger partial charge in [-0.1, -0.05) is 42.5 Å². The van der Waals surface area contributed by atoms with Gasteiger partial charge in [0.15, 0.2) is 5.17 Å². The van der Waals surface area contributed by atoms with Gasteiger partial charge in [-0.2, -0.15) is 4.99 Å². The van der Waals surface area contributed by atoms with Crippen LogP contribution in [0.1, 0.15) is 30.4 Å². The molecular formula is C22H22N2O2S. The van der Waals surface area contributed by atoms with Crippen molar-refractivity contribution >= 4 is 28.9 Å². The fourth-order valence-electron chi connectivity index (χ4n) is 3.17. The molecule has 0 aliphatic carbocycles. The number of amides is 1. The standard InChI is InChI=1S/C22H22N2O2S/c25-21-20(27-22(23-21)24-13-5-2-6-14-24)15-17-9-11-19(12-10-17)26-16-18-7-3-1-4-8-18/h1,3-4,7-12,15H,2,5-6,13-14,16H2. The molecule has 0 N–H and O–H groups in total. The molecule has 5 heteroatoms. The molecule has 2 aliphatic heterocycles. The number of nitrogens with zero attached hydrogens (tertiary/aromatic N) is 2. The van der Waals surface area contributed by atoms with E-state index < -0.39 is 0 Å². The molecule has 2 aromatic rings. The highest BCUT2D eigenvalue weighted by molar-refractivity contribution is 8.18. The van der Waals surface area contributed by atoms with Crippen LogP contribution >= 0.6 is 11.8 Å². The minimum Gasteiger partial charge on any atom is -0.489 e. The molecule has 1 saturated heterocycles. The minimum atomic E-state index is -0.134. The van der Waals surface area contributed by atoms with E-state index in [1.165, 1.54) is 31.0 Å². The second-order valence-electron chi connectivity index (χ2n) is 6.70. The van der Waals surface area contributed by atoms with E-state index in [0.29, 0.717) is 11.5 Å². The van der Waals surface area contributed by atoms with Crippen molar-refractivity contribution in [2.45, 2.75) is 25.9 Å². The van der Waals surface area contributed by atoms with Gasteiger partial charge in [0, 0.05) is 13.1 Å². The highest BCUT2D eigenvalue weighted by Crippen LogP contribution is 2.31. The summed E-state index contributed by atoms with van der Waals surface area (Å²) in [5, 5.41) is 0.855. The van der Waals surface area contributed by atoms with Crippen LogP contribution in [-0.4, -0.2) is 29.1 Å². The summed E-state index contributed by atoms with van der Waals surface area (Å²) in [5.74, 6) is 0.682. The number of piperidine rings is 1. The van der Waals surface area contributed by atoms with Crippen LogP contribution in [0.3, 0.4) is 0 Å². The van der Waals surface area contributed by atoms with Crippen molar-refractivity contribution in [1.29, 1.82) is 0 Å². The molecule has 0 aromatic heterocycles. The Morgan fingerprint density at radius 1 is 1.00 bits per heavy atom. The van der Waals surface area contributed by atoms with Crippen molar-refractivity contribution in [2.75, 3.05) is 13.1 Å². The monoisotopic (exact) mass is 378 g/mol. The van der Waals surface area contributed by atoms with Crippen LogP contribution in [0.5, 0.6) is 5.75 Å². The Morgan fingerprint density at radius 2 is 1.74 bits per heavy atom. The molecule has 27 heavy (non-hydrogen) atoms. The summed E-state index contributed by atoms with van der Waals surface area (Å²) in [6, 6.07) is 17.9. The molecule has 4 nitrogen and oxygen atoms in total. The van der Waals surface area contributed by atoms with Gasteiger partial charge >= 0.3 is 0 Å². The zero-order valence-corrected chi connectivity index (χ0v) is 16.0. The fourth-order valence-corrected chi connectivity index (χ4v) is 4.14. The van der Waals surface area contributed by atoms with Crippen molar-refractivity contribution in [3.05, 3.63) is 70.6 Å². The Hall–Kier alpha value is -2.53. The van der Waals surface area contributed by atoms with Crippen molar-refractivity contribution in [3.63, 3.8) is 0 Å². The first kappa shape index (κ1) is 17.9. The second-order valence-corrected chi connectivity index (χ2v) is 7.71. The molecule has 0 spiro atoms. The van der Waals surface area contributed by atoms with Crippen LogP contribution in [0.2, 0.25) is 0 Å². The summed E-state index contributed by atoms with van der Waals surface area (Å²) in [4.78, 5) is 19.4. The third kappa shape index (κ3) is 4.61. The fraction of sp³-hybridized carbons (Fsp3) is 0.273. The summed E-state index contributed by atoms with van der Waals surface area (Å²) >= 11 is 1.49. The maximum atomic E-state index is 12.2. The quantitative estimate of drug-likeness (QED) is 0.722. The van der Waals surface area contributed by atoms with E-state index in [0.717, 1.165) is 35.1 Å². The minimum absolute atomic E-state index is 0.134. The molecule has 1 amide bonds. The topological polar surface area (TPSA) is 41.9 Å². The molecule has 138 valence electrons. The number of hydrogen-bond acceptors (Lipinski definition) is 4. The summed E-state index contributed by atoms with van der Waals surface area (Å²) in [6.45, 7) is 2.54. The van der Waals surface area contributed by atoms with Crippen molar-refractivity contribution in [3.8, 4) is 5.75 Å². The maximum Gasteiger partial charge on any atom is 0.286 e. The van der Waals surface area contributed by atoms with Gasteiger partial charge in [0.2, 0.25) is 0 Å². The van der Waals surface area contributed by atoms with Crippen LogP contribution in [-0.2, 0) is 11.4 Å². The molecule has 0 saturated carbocycles. The number of thioether (sulfide) groups is 1. The number of ether oxygens (including phenoxy) is 1. The highest BCUT2D eigenvalue weighted by Gasteiger charge is 2.26. The number of carbonyl (C=O) groups is 1. The van der Waals surface area contributed by atoms with Gasteiger partial charge in [-0.15, -0.1) is 0 Å². The molecule has 2 aromatic carbocycles. The van der Waals surface area contributed by atoms with Crippen molar-refractivity contribution in [2.24, 2.45) is 4.99 Å². The van der Waals surface area contributed by atoms with Crippen LogP contribution < -0.4 is 4.74 Å². The zero-order valence-electron chi connectivity index (χ0n) is 15.1. The zero-order chi connectivity index (χ0) is 18.5. The molecule has 2 aliphatic rings. The first-order valence-electron chi connectivity index (χ1n) is 9.32. The number of rotatable bonds is 4. The van der Waals surface area contributed by atoms with E-state index in [4.69, 9.17) is 4.74 Å². The molecule has 0 atom stereocenters. The van der Waals surface area contributed by atoms with E-state index >= 15 is 0 Å². The van der Waals surface area contributed by atoms with Crippen molar-refractivity contribution in [1.82, 2.24) is 4.90 Å². The first-order valence-corrected chi connectivity index (χ1v) is 10.1. The largest absolute Gasteiger partial charge is 0.489 e. The van der Waals surface area contributed by atoms with Gasteiger partial charge in [-0.25, -0.2) is 0 Å². The van der Waals surface area contributed by atoms with Crippen LogP contribution in [0.15, 0.2) is 64.5 Å². The SMILES string of the molecule is O=C1N=C(N2CCCCC2)SC1=Cc1ccc(OCc2ccccc2)cc1. The third-order valence-electron chi connectivity index (χ3n) is 4.66. The Bertz CT molecular complexity index is 854. The molecule has 1 fully saturated rings. The lowest BCUT2D eigenvalue weighted by Gasteiger charge is -2.27. The van der Waals surface area contributed by atoms with Crippen molar-refractivity contribution < 1.29 is 9.53 Å².